The van der Waals surface area contributed by atoms with Crippen LogP contribution in [0.15, 0.2) is 41.8 Å². The van der Waals surface area contributed by atoms with E-state index in [1.807, 2.05) is 23.5 Å². The van der Waals surface area contributed by atoms with E-state index in [0.717, 1.165) is 44.6 Å². The number of hydrogen-bond donors (Lipinski definition) is 1. The van der Waals surface area contributed by atoms with Gasteiger partial charge in [0, 0.05) is 50.5 Å². The standard InChI is InChI=1S/C23H30N2O3S/c1-27-13-10-24-22(26)15-18-16-23(28-21-7-3-2-6-20(18)21)8-11-25(12-9-23)17-19-5-4-14-29-19/h2-7,14,18H,8-13,15-17H2,1H3,(H,24,26). The highest BCUT2D eigenvalue weighted by Crippen LogP contribution is 2.46. The normalized spacial score (nSPS) is 20.8. The van der Waals surface area contributed by atoms with Crippen molar-refractivity contribution in [3.05, 3.63) is 52.2 Å². The van der Waals surface area contributed by atoms with E-state index in [9.17, 15) is 4.79 Å². The zero-order valence-corrected chi connectivity index (χ0v) is 17.9. The Balaban J connectivity index is 1.42. The van der Waals surface area contributed by atoms with Gasteiger partial charge in [0.1, 0.15) is 11.4 Å². The van der Waals surface area contributed by atoms with Gasteiger partial charge in [-0.2, -0.15) is 0 Å². The number of methoxy groups -OCH3 is 1. The van der Waals surface area contributed by atoms with Crippen LogP contribution in [0.4, 0.5) is 0 Å². The molecule has 2 aliphatic heterocycles. The molecule has 2 aliphatic rings. The van der Waals surface area contributed by atoms with E-state index in [0.29, 0.717) is 19.6 Å². The zero-order chi connectivity index (χ0) is 20.1. The van der Waals surface area contributed by atoms with Crippen molar-refractivity contribution >= 4 is 17.2 Å². The second-order valence-corrected chi connectivity index (χ2v) is 9.16. The van der Waals surface area contributed by atoms with Crippen molar-refractivity contribution < 1.29 is 14.3 Å². The SMILES string of the molecule is COCCNC(=O)CC1CC2(CCN(Cc3cccs3)CC2)Oc2ccccc21. The Labute approximate surface area is 177 Å². The molecule has 0 bridgehead atoms. The third kappa shape index (κ3) is 5.00. The molecule has 29 heavy (non-hydrogen) atoms. The van der Waals surface area contributed by atoms with Gasteiger partial charge in [-0.25, -0.2) is 0 Å². The van der Waals surface area contributed by atoms with Crippen molar-refractivity contribution in [1.29, 1.82) is 0 Å². The van der Waals surface area contributed by atoms with E-state index in [2.05, 4.69) is 39.9 Å². The molecule has 1 aromatic heterocycles. The summed E-state index contributed by atoms with van der Waals surface area (Å²) in [5, 5.41) is 5.12. The molecule has 1 fully saturated rings. The summed E-state index contributed by atoms with van der Waals surface area (Å²) in [5.41, 5.74) is 1.01. The van der Waals surface area contributed by atoms with Crippen molar-refractivity contribution in [2.45, 2.75) is 43.7 Å². The van der Waals surface area contributed by atoms with Crippen molar-refractivity contribution in [3.63, 3.8) is 0 Å². The quantitative estimate of drug-likeness (QED) is 0.700. The maximum atomic E-state index is 12.5. The van der Waals surface area contributed by atoms with Crippen molar-refractivity contribution in [2.75, 3.05) is 33.4 Å². The van der Waals surface area contributed by atoms with Gasteiger partial charge in [-0.05, 0) is 42.3 Å². The molecule has 6 heteroatoms. The Morgan fingerprint density at radius 2 is 2.10 bits per heavy atom. The molecule has 156 valence electrons. The lowest BCUT2D eigenvalue weighted by molar-refractivity contribution is -0.122. The van der Waals surface area contributed by atoms with Gasteiger partial charge in [0.2, 0.25) is 5.91 Å². The maximum Gasteiger partial charge on any atom is 0.220 e. The predicted octanol–water partition coefficient (Wildman–Crippen LogP) is 3.80. The topological polar surface area (TPSA) is 50.8 Å². The molecule has 0 radical (unpaired) electrons. The molecule has 1 atom stereocenters. The first-order valence-corrected chi connectivity index (χ1v) is 11.3. The maximum absolute atomic E-state index is 12.5. The fourth-order valence-electron chi connectivity index (χ4n) is 4.56. The van der Waals surface area contributed by atoms with Gasteiger partial charge in [-0.3, -0.25) is 9.69 Å². The fraction of sp³-hybridized carbons (Fsp3) is 0.522. The molecule has 0 saturated carbocycles. The molecule has 2 aromatic rings. The number of fused-ring (bicyclic) bond motifs is 1. The molecule has 1 spiro atoms. The van der Waals surface area contributed by atoms with Gasteiger partial charge >= 0.3 is 0 Å². The van der Waals surface area contributed by atoms with Crippen molar-refractivity contribution in [1.82, 2.24) is 10.2 Å². The number of amides is 1. The highest BCUT2D eigenvalue weighted by atomic mass is 32.1. The number of rotatable bonds is 7. The van der Waals surface area contributed by atoms with Crippen LogP contribution in [0.3, 0.4) is 0 Å². The molecular weight excluding hydrogens is 384 g/mol. The number of benzene rings is 1. The average Bonchev–Trinajstić information content (AvgIpc) is 3.23. The van der Waals surface area contributed by atoms with E-state index < -0.39 is 0 Å². The first kappa shape index (κ1) is 20.4. The van der Waals surface area contributed by atoms with Crippen molar-refractivity contribution in [2.24, 2.45) is 0 Å². The van der Waals surface area contributed by atoms with Gasteiger partial charge in [0.15, 0.2) is 0 Å². The lowest BCUT2D eigenvalue weighted by Gasteiger charge is -2.47. The van der Waals surface area contributed by atoms with Crippen LogP contribution in [0.2, 0.25) is 0 Å². The van der Waals surface area contributed by atoms with Crippen LogP contribution in [0.25, 0.3) is 0 Å². The smallest absolute Gasteiger partial charge is 0.220 e. The average molecular weight is 415 g/mol. The number of carbonyl (C=O) groups is 1. The number of ether oxygens (including phenoxy) is 2. The summed E-state index contributed by atoms with van der Waals surface area (Å²) >= 11 is 1.82. The van der Waals surface area contributed by atoms with Crippen molar-refractivity contribution in [3.8, 4) is 5.75 Å². The molecule has 3 heterocycles. The summed E-state index contributed by atoms with van der Waals surface area (Å²) in [5.74, 6) is 1.25. The Hall–Kier alpha value is -1.89. The predicted molar refractivity (Wildman–Crippen MR) is 115 cm³/mol. The van der Waals surface area contributed by atoms with E-state index >= 15 is 0 Å². The first-order valence-electron chi connectivity index (χ1n) is 10.5. The van der Waals surface area contributed by atoms with E-state index in [-0.39, 0.29) is 17.4 Å². The second-order valence-electron chi connectivity index (χ2n) is 8.13. The Morgan fingerprint density at radius 1 is 1.28 bits per heavy atom. The monoisotopic (exact) mass is 414 g/mol. The van der Waals surface area contributed by atoms with Crippen LogP contribution in [-0.4, -0.2) is 49.8 Å². The summed E-state index contributed by atoms with van der Waals surface area (Å²) < 4.78 is 11.6. The minimum Gasteiger partial charge on any atom is -0.487 e. The lowest BCUT2D eigenvalue weighted by Crippen LogP contribution is -2.50. The third-order valence-electron chi connectivity index (χ3n) is 6.09. The summed E-state index contributed by atoms with van der Waals surface area (Å²) in [6, 6.07) is 12.6. The highest BCUT2D eigenvalue weighted by Gasteiger charge is 2.43. The van der Waals surface area contributed by atoms with Crippen LogP contribution >= 0.6 is 11.3 Å². The number of nitrogens with one attached hydrogen (secondary N) is 1. The molecular formula is C23H30N2O3S. The summed E-state index contributed by atoms with van der Waals surface area (Å²) in [7, 11) is 1.65. The van der Waals surface area contributed by atoms with Gasteiger partial charge in [0.25, 0.3) is 0 Å². The minimum absolute atomic E-state index is 0.0917. The van der Waals surface area contributed by atoms with Crippen LogP contribution in [0.1, 0.15) is 42.0 Å². The van der Waals surface area contributed by atoms with Crippen LogP contribution < -0.4 is 10.1 Å². The number of piperidine rings is 1. The Morgan fingerprint density at radius 3 is 2.86 bits per heavy atom. The number of thiophene rings is 1. The Bertz CT molecular complexity index is 800. The molecule has 1 unspecified atom stereocenters. The number of hydrogen-bond acceptors (Lipinski definition) is 5. The van der Waals surface area contributed by atoms with Gasteiger partial charge < -0.3 is 14.8 Å². The second kappa shape index (κ2) is 9.28. The van der Waals surface area contributed by atoms with Crippen LogP contribution in [0, 0.1) is 0 Å². The van der Waals surface area contributed by atoms with E-state index in [1.54, 1.807) is 7.11 Å². The molecule has 1 aromatic carbocycles. The largest absolute Gasteiger partial charge is 0.487 e. The lowest BCUT2D eigenvalue weighted by atomic mass is 9.76. The molecule has 0 aliphatic carbocycles. The zero-order valence-electron chi connectivity index (χ0n) is 17.1. The summed E-state index contributed by atoms with van der Waals surface area (Å²) in [6.07, 6.45) is 3.43. The number of carbonyl (C=O) groups excluding carboxylic acids is 1. The summed E-state index contributed by atoms with van der Waals surface area (Å²) in [4.78, 5) is 16.4. The minimum atomic E-state index is -0.155. The first-order chi connectivity index (χ1) is 14.2. The molecule has 4 rings (SSSR count). The Kier molecular flexibility index (Phi) is 6.53. The fourth-order valence-corrected chi connectivity index (χ4v) is 5.31. The molecule has 1 saturated heterocycles. The summed E-state index contributed by atoms with van der Waals surface area (Å²) in [6.45, 7) is 4.19. The number of nitrogens with zero attached hydrogens (tertiary/aromatic N) is 1. The van der Waals surface area contributed by atoms with Gasteiger partial charge in [-0.1, -0.05) is 24.3 Å². The highest BCUT2D eigenvalue weighted by molar-refractivity contribution is 7.09. The number of para-hydroxylation sites is 1. The van der Waals surface area contributed by atoms with E-state index in [1.165, 1.54) is 10.4 Å². The number of likely N-dealkylation sites (tertiary alicyclic amines) is 1. The van der Waals surface area contributed by atoms with Gasteiger partial charge in [0.05, 0.1) is 6.61 Å². The van der Waals surface area contributed by atoms with Gasteiger partial charge in [-0.15, -0.1) is 11.3 Å². The van der Waals surface area contributed by atoms with Crippen LogP contribution in [0.5, 0.6) is 5.75 Å². The molecule has 1 amide bonds. The third-order valence-corrected chi connectivity index (χ3v) is 6.95. The van der Waals surface area contributed by atoms with Crippen LogP contribution in [-0.2, 0) is 16.1 Å². The molecule has 1 N–H and O–H groups in total. The van der Waals surface area contributed by atoms with E-state index in [4.69, 9.17) is 9.47 Å². The molecule has 5 nitrogen and oxygen atoms in total.